The highest BCUT2D eigenvalue weighted by Crippen LogP contribution is 2.26. The topological polar surface area (TPSA) is 38.5 Å². The second-order valence-corrected chi connectivity index (χ2v) is 6.32. The highest BCUT2D eigenvalue weighted by atomic mass is 79.9. The third-order valence-corrected chi connectivity index (χ3v) is 4.22. The molecule has 0 radical (unpaired) electrons. The van der Waals surface area contributed by atoms with E-state index in [1.54, 1.807) is 0 Å². The molecule has 1 fully saturated rings. The van der Waals surface area contributed by atoms with Gasteiger partial charge in [-0.05, 0) is 37.0 Å². The largest absolute Gasteiger partial charge is 0.389 e. The van der Waals surface area contributed by atoms with Gasteiger partial charge in [-0.25, -0.2) is 0 Å². The summed E-state index contributed by atoms with van der Waals surface area (Å²) in [5.74, 6) is 0.682. The highest BCUT2D eigenvalue weighted by molar-refractivity contribution is 9.10. The first-order valence-electron chi connectivity index (χ1n) is 6.46. The van der Waals surface area contributed by atoms with Gasteiger partial charge in [0.2, 0.25) is 0 Å². The summed E-state index contributed by atoms with van der Waals surface area (Å²) in [7, 11) is 2.10. The number of benzene rings is 1. The molecule has 0 aromatic heterocycles. The van der Waals surface area contributed by atoms with Crippen molar-refractivity contribution in [3.05, 3.63) is 28.2 Å². The molecule has 0 unspecified atom stereocenters. The Hall–Kier alpha value is -0.650. The molecule has 1 aromatic rings. The summed E-state index contributed by atoms with van der Waals surface area (Å²) >= 11 is 8.61. The molecular formula is C14H19BrN2OS. The van der Waals surface area contributed by atoms with Gasteiger partial charge in [0, 0.05) is 42.5 Å². The van der Waals surface area contributed by atoms with E-state index in [2.05, 4.69) is 33.9 Å². The average molecular weight is 343 g/mol. The number of hydrogen-bond acceptors (Lipinski definition) is 3. The minimum atomic E-state index is 0.440. The van der Waals surface area contributed by atoms with Gasteiger partial charge < -0.3 is 15.4 Å². The van der Waals surface area contributed by atoms with Crippen molar-refractivity contribution in [1.82, 2.24) is 0 Å². The lowest BCUT2D eigenvalue weighted by molar-refractivity contribution is 0.0685. The fourth-order valence-corrected chi connectivity index (χ4v) is 2.98. The van der Waals surface area contributed by atoms with E-state index in [1.165, 1.54) is 0 Å². The normalized spacial score (nSPS) is 16.3. The second kappa shape index (κ2) is 6.68. The third-order valence-electron chi connectivity index (χ3n) is 3.51. The lowest BCUT2D eigenvalue weighted by atomic mass is 9.99. The van der Waals surface area contributed by atoms with Crippen LogP contribution in [0.5, 0.6) is 0 Å². The van der Waals surface area contributed by atoms with Crippen molar-refractivity contribution in [3.63, 3.8) is 0 Å². The minimum Gasteiger partial charge on any atom is -0.389 e. The quantitative estimate of drug-likeness (QED) is 0.853. The average Bonchev–Trinajstić information content (AvgIpc) is 2.39. The van der Waals surface area contributed by atoms with Crippen molar-refractivity contribution in [2.75, 3.05) is 31.7 Å². The monoisotopic (exact) mass is 342 g/mol. The van der Waals surface area contributed by atoms with E-state index in [9.17, 15) is 0 Å². The molecule has 0 aliphatic carbocycles. The van der Waals surface area contributed by atoms with Crippen LogP contribution in [-0.4, -0.2) is 31.8 Å². The fraction of sp³-hybridized carbons (Fsp3) is 0.500. The van der Waals surface area contributed by atoms with Crippen molar-refractivity contribution in [1.29, 1.82) is 0 Å². The lowest BCUT2D eigenvalue weighted by Gasteiger charge is -2.29. The van der Waals surface area contributed by atoms with Crippen molar-refractivity contribution < 1.29 is 4.74 Å². The summed E-state index contributed by atoms with van der Waals surface area (Å²) in [5, 5.41) is 0. The summed E-state index contributed by atoms with van der Waals surface area (Å²) in [6.45, 7) is 2.77. The molecule has 0 spiro atoms. The molecule has 1 heterocycles. The van der Waals surface area contributed by atoms with Crippen LogP contribution in [0.1, 0.15) is 18.4 Å². The van der Waals surface area contributed by atoms with Crippen LogP contribution in [0.4, 0.5) is 5.69 Å². The minimum absolute atomic E-state index is 0.440. The Morgan fingerprint density at radius 2 is 2.16 bits per heavy atom. The molecule has 2 rings (SSSR count). The van der Waals surface area contributed by atoms with E-state index in [0.29, 0.717) is 10.9 Å². The zero-order valence-electron chi connectivity index (χ0n) is 11.1. The SMILES string of the molecule is CN(CC1CCOCC1)c1ccc(Br)cc1C(N)=S. The van der Waals surface area contributed by atoms with Crippen LogP contribution >= 0.6 is 28.1 Å². The Bertz CT molecular complexity index is 461. The maximum Gasteiger partial charge on any atom is 0.106 e. The van der Waals surface area contributed by atoms with Gasteiger partial charge in [0.05, 0.1) is 0 Å². The zero-order valence-corrected chi connectivity index (χ0v) is 13.5. The zero-order chi connectivity index (χ0) is 13.8. The molecule has 0 atom stereocenters. The van der Waals surface area contributed by atoms with E-state index in [-0.39, 0.29) is 0 Å². The molecule has 1 saturated heterocycles. The Morgan fingerprint density at radius 1 is 1.47 bits per heavy atom. The number of rotatable bonds is 4. The first kappa shape index (κ1) is 14.8. The van der Waals surface area contributed by atoms with Crippen molar-refractivity contribution in [2.24, 2.45) is 11.7 Å². The van der Waals surface area contributed by atoms with Gasteiger partial charge >= 0.3 is 0 Å². The maximum atomic E-state index is 5.82. The number of ether oxygens (including phenoxy) is 1. The molecule has 0 saturated carbocycles. The van der Waals surface area contributed by atoms with E-state index >= 15 is 0 Å². The van der Waals surface area contributed by atoms with Crippen LogP contribution in [-0.2, 0) is 4.74 Å². The molecule has 0 amide bonds. The van der Waals surface area contributed by atoms with Crippen LogP contribution in [0.15, 0.2) is 22.7 Å². The van der Waals surface area contributed by atoms with Crippen LogP contribution in [0.25, 0.3) is 0 Å². The standard InChI is InChI=1S/C14H19BrN2OS/c1-17(9-10-4-6-18-7-5-10)13-3-2-11(15)8-12(13)14(16)19/h2-3,8,10H,4-7,9H2,1H3,(H2,16,19). The summed E-state index contributed by atoms with van der Waals surface area (Å²) in [6, 6.07) is 6.08. The Labute approximate surface area is 128 Å². The number of anilines is 1. The first-order chi connectivity index (χ1) is 9.08. The summed E-state index contributed by atoms with van der Waals surface area (Å²) in [5.41, 5.74) is 7.85. The van der Waals surface area contributed by atoms with E-state index < -0.39 is 0 Å². The Kier molecular flexibility index (Phi) is 5.19. The van der Waals surface area contributed by atoms with Gasteiger partial charge in [-0.3, -0.25) is 0 Å². The smallest absolute Gasteiger partial charge is 0.106 e. The Morgan fingerprint density at radius 3 is 2.79 bits per heavy atom. The summed E-state index contributed by atoms with van der Waals surface area (Å²) in [4.78, 5) is 2.69. The van der Waals surface area contributed by atoms with Gasteiger partial charge in [0.15, 0.2) is 0 Å². The van der Waals surface area contributed by atoms with Crippen LogP contribution in [0.2, 0.25) is 0 Å². The number of halogens is 1. The molecule has 19 heavy (non-hydrogen) atoms. The van der Waals surface area contributed by atoms with Crippen molar-refractivity contribution >= 4 is 38.8 Å². The predicted molar refractivity (Wildman–Crippen MR) is 86.8 cm³/mol. The van der Waals surface area contributed by atoms with Gasteiger partial charge in [-0.1, -0.05) is 28.1 Å². The molecule has 1 aliphatic heterocycles. The maximum absolute atomic E-state index is 5.82. The molecular weight excluding hydrogens is 324 g/mol. The Balaban J connectivity index is 2.13. The number of nitrogens with two attached hydrogens (primary N) is 1. The van der Waals surface area contributed by atoms with Crippen LogP contribution in [0, 0.1) is 5.92 Å². The summed E-state index contributed by atoms with van der Waals surface area (Å²) in [6.07, 6.45) is 2.26. The van der Waals surface area contributed by atoms with E-state index in [4.69, 9.17) is 22.7 Å². The molecule has 3 nitrogen and oxygen atoms in total. The third kappa shape index (κ3) is 3.91. The van der Waals surface area contributed by atoms with Gasteiger partial charge in [-0.2, -0.15) is 0 Å². The molecule has 5 heteroatoms. The van der Waals surface area contributed by atoms with Gasteiger partial charge in [-0.15, -0.1) is 0 Å². The molecule has 1 aromatic carbocycles. The van der Waals surface area contributed by atoms with E-state index in [0.717, 1.165) is 48.3 Å². The van der Waals surface area contributed by atoms with Crippen LogP contribution < -0.4 is 10.6 Å². The second-order valence-electron chi connectivity index (χ2n) is 4.96. The van der Waals surface area contributed by atoms with Gasteiger partial charge in [0.1, 0.15) is 4.99 Å². The first-order valence-corrected chi connectivity index (χ1v) is 7.66. The summed E-state index contributed by atoms with van der Waals surface area (Å²) < 4.78 is 6.40. The predicted octanol–water partition coefficient (Wildman–Crippen LogP) is 2.95. The fourth-order valence-electron chi connectivity index (χ4n) is 2.45. The number of hydrogen-bond donors (Lipinski definition) is 1. The highest BCUT2D eigenvalue weighted by Gasteiger charge is 2.18. The molecule has 0 bridgehead atoms. The molecule has 104 valence electrons. The van der Waals surface area contributed by atoms with Crippen LogP contribution in [0.3, 0.4) is 0 Å². The van der Waals surface area contributed by atoms with E-state index in [1.807, 2.05) is 12.1 Å². The lowest BCUT2D eigenvalue weighted by Crippen LogP contribution is -2.31. The number of thiocarbonyl (C=S) groups is 1. The molecule has 2 N–H and O–H groups in total. The van der Waals surface area contributed by atoms with Gasteiger partial charge in [0.25, 0.3) is 0 Å². The number of nitrogens with zero attached hydrogens (tertiary/aromatic N) is 1. The van der Waals surface area contributed by atoms with Crippen molar-refractivity contribution in [2.45, 2.75) is 12.8 Å². The molecule has 1 aliphatic rings. The van der Waals surface area contributed by atoms with Crippen molar-refractivity contribution in [3.8, 4) is 0 Å².